The SMILES string of the molecule is CNC(=O)CCN1\C(=C/C=C/C=C/C=C/C2=Nc3ccc4ccccc4c3C2(C)C)C(C)(C)c2c1ccc1ccccc21. The molecule has 0 fully saturated rings. The van der Waals surface area contributed by atoms with E-state index in [0.29, 0.717) is 13.0 Å². The molecule has 4 aromatic carbocycles. The maximum atomic E-state index is 12.2. The topological polar surface area (TPSA) is 44.7 Å². The number of hydrogen-bond donors (Lipinski definition) is 1. The number of aliphatic imine (C=N–C) groups is 1. The highest BCUT2D eigenvalue weighted by atomic mass is 16.1. The number of rotatable bonds is 7. The van der Waals surface area contributed by atoms with Gasteiger partial charge in [0.05, 0.1) is 11.4 Å². The van der Waals surface area contributed by atoms with E-state index in [1.807, 2.05) is 0 Å². The van der Waals surface area contributed by atoms with E-state index in [4.69, 9.17) is 4.99 Å². The zero-order chi connectivity index (χ0) is 30.2. The van der Waals surface area contributed by atoms with Crippen molar-refractivity contribution in [3.63, 3.8) is 0 Å². The van der Waals surface area contributed by atoms with Crippen molar-refractivity contribution in [3.05, 3.63) is 132 Å². The van der Waals surface area contributed by atoms with Gasteiger partial charge in [0.1, 0.15) is 0 Å². The van der Waals surface area contributed by atoms with Gasteiger partial charge in [0.2, 0.25) is 5.91 Å². The Labute approximate surface area is 254 Å². The van der Waals surface area contributed by atoms with E-state index >= 15 is 0 Å². The molecule has 2 aliphatic heterocycles. The second-order valence-electron chi connectivity index (χ2n) is 12.4. The lowest BCUT2D eigenvalue weighted by atomic mass is 9.79. The maximum Gasteiger partial charge on any atom is 0.221 e. The largest absolute Gasteiger partial charge is 0.359 e. The first-order valence-electron chi connectivity index (χ1n) is 15.1. The summed E-state index contributed by atoms with van der Waals surface area (Å²) in [6, 6.07) is 25.8. The number of benzene rings is 4. The lowest BCUT2D eigenvalue weighted by molar-refractivity contribution is -0.120. The molecule has 216 valence electrons. The third kappa shape index (κ3) is 5.01. The van der Waals surface area contributed by atoms with E-state index in [1.54, 1.807) is 7.05 Å². The molecule has 0 radical (unpaired) electrons. The molecule has 0 atom stereocenters. The molecule has 0 aliphatic carbocycles. The molecule has 6 rings (SSSR count). The van der Waals surface area contributed by atoms with Crippen LogP contribution in [-0.4, -0.2) is 25.2 Å². The van der Waals surface area contributed by atoms with Gasteiger partial charge in [-0.25, -0.2) is 0 Å². The van der Waals surface area contributed by atoms with E-state index in [-0.39, 0.29) is 16.7 Å². The van der Waals surface area contributed by atoms with Crippen LogP contribution in [0.1, 0.15) is 45.2 Å². The summed E-state index contributed by atoms with van der Waals surface area (Å²) in [5.74, 6) is 0.0444. The van der Waals surface area contributed by atoms with Crippen LogP contribution < -0.4 is 10.2 Å². The smallest absolute Gasteiger partial charge is 0.221 e. The van der Waals surface area contributed by atoms with Crippen molar-refractivity contribution < 1.29 is 4.79 Å². The first kappa shape index (κ1) is 28.4. The molecule has 0 spiro atoms. The highest BCUT2D eigenvalue weighted by Gasteiger charge is 2.41. The standard InChI is InChI=1S/C39H39N3O/c1-38(2)33(41-31-23-21-27-15-11-13-17-29(27)36(31)38)19-9-7-6-8-10-20-34-39(3,4)37-30-18-14-12-16-28(30)22-24-32(37)42(34)26-25-35(43)40-5/h6-24H,25-26H2,1-5H3,(H,40,43)/b7-6+,10-8+,19-9+,34-20-. The Morgan fingerprint density at radius 1 is 0.767 bits per heavy atom. The molecule has 0 saturated heterocycles. The molecule has 43 heavy (non-hydrogen) atoms. The lowest BCUT2D eigenvalue weighted by Gasteiger charge is -2.27. The van der Waals surface area contributed by atoms with Gasteiger partial charge in [-0.05, 0) is 57.0 Å². The summed E-state index contributed by atoms with van der Waals surface area (Å²) >= 11 is 0. The van der Waals surface area contributed by atoms with Crippen LogP contribution in [0, 0.1) is 0 Å². The molecule has 1 N–H and O–H groups in total. The van der Waals surface area contributed by atoms with Crippen molar-refractivity contribution in [3.8, 4) is 0 Å². The van der Waals surface area contributed by atoms with Crippen LogP contribution in [-0.2, 0) is 15.6 Å². The van der Waals surface area contributed by atoms with Gasteiger partial charge in [0, 0.05) is 42.2 Å². The van der Waals surface area contributed by atoms with E-state index < -0.39 is 0 Å². The van der Waals surface area contributed by atoms with Crippen molar-refractivity contribution in [2.75, 3.05) is 18.5 Å². The monoisotopic (exact) mass is 565 g/mol. The summed E-state index contributed by atoms with van der Waals surface area (Å²) in [6.45, 7) is 9.70. The van der Waals surface area contributed by atoms with Crippen molar-refractivity contribution in [1.29, 1.82) is 0 Å². The van der Waals surface area contributed by atoms with Gasteiger partial charge >= 0.3 is 0 Å². The number of nitrogens with one attached hydrogen (secondary N) is 1. The van der Waals surface area contributed by atoms with Crippen LogP contribution in [0.2, 0.25) is 0 Å². The van der Waals surface area contributed by atoms with Gasteiger partial charge < -0.3 is 10.2 Å². The third-order valence-corrected chi connectivity index (χ3v) is 8.96. The van der Waals surface area contributed by atoms with Crippen molar-refractivity contribution in [2.45, 2.75) is 44.9 Å². The van der Waals surface area contributed by atoms with Crippen molar-refractivity contribution in [2.24, 2.45) is 4.99 Å². The van der Waals surface area contributed by atoms with Crippen LogP contribution in [0.5, 0.6) is 0 Å². The lowest BCUT2D eigenvalue weighted by Crippen LogP contribution is -2.30. The summed E-state index contributed by atoms with van der Waals surface area (Å²) in [5.41, 5.74) is 6.75. The van der Waals surface area contributed by atoms with Gasteiger partial charge in [-0.3, -0.25) is 9.79 Å². The number of carbonyl (C=O) groups excluding carboxylic acids is 1. The normalized spacial score (nSPS) is 17.9. The fraction of sp³-hybridized carbons (Fsp3) is 0.231. The first-order valence-corrected chi connectivity index (χ1v) is 15.1. The van der Waals surface area contributed by atoms with Gasteiger partial charge in [-0.15, -0.1) is 0 Å². The Kier molecular flexibility index (Phi) is 7.39. The average molecular weight is 566 g/mol. The molecule has 0 unspecified atom stereocenters. The van der Waals surface area contributed by atoms with Gasteiger partial charge in [0.25, 0.3) is 0 Å². The Hall–Kier alpha value is -4.70. The Bertz CT molecular complexity index is 1880. The van der Waals surface area contributed by atoms with Crippen LogP contribution in [0.15, 0.2) is 126 Å². The van der Waals surface area contributed by atoms with E-state index in [1.165, 1.54) is 44.1 Å². The number of amides is 1. The molecular formula is C39H39N3O. The zero-order valence-electron chi connectivity index (χ0n) is 25.7. The van der Waals surface area contributed by atoms with Gasteiger partial charge in [-0.2, -0.15) is 0 Å². The molecule has 0 aromatic heterocycles. The molecule has 4 nitrogen and oxygen atoms in total. The first-order chi connectivity index (χ1) is 20.7. The molecular weight excluding hydrogens is 526 g/mol. The predicted octanol–water partition coefficient (Wildman–Crippen LogP) is 8.84. The minimum Gasteiger partial charge on any atom is -0.359 e. The quantitative estimate of drug-likeness (QED) is 0.228. The summed E-state index contributed by atoms with van der Waals surface area (Å²) in [7, 11) is 1.69. The summed E-state index contributed by atoms with van der Waals surface area (Å²) in [4.78, 5) is 19.5. The fourth-order valence-electron chi connectivity index (χ4n) is 6.75. The highest BCUT2D eigenvalue weighted by Crippen LogP contribution is 2.50. The molecule has 4 aromatic rings. The number of allylic oxidation sites excluding steroid dienone is 8. The summed E-state index contributed by atoms with van der Waals surface area (Å²) in [5, 5.41) is 7.79. The molecule has 2 aliphatic rings. The Balaban J connectivity index is 1.22. The maximum absolute atomic E-state index is 12.2. The summed E-state index contributed by atoms with van der Waals surface area (Å²) < 4.78 is 0. The Morgan fingerprint density at radius 2 is 1.40 bits per heavy atom. The van der Waals surface area contributed by atoms with Crippen LogP contribution in [0.25, 0.3) is 21.5 Å². The average Bonchev–Trinajstić information content (AvgIpc) is 3.40. The van der Waals surface area contributed by atoms with E-state index in [2.05, 4.69) is 153 Å². The summed E-state index contributed by atoms with van der Waals surface area (Å²) in [6.07, 6.45) is 15.1. The molecule has 1 amide bonds. The third-order valence-electron chi connectivity index (χ3n) is 8.96. The van der Waals surface area contributed by atoms with Gasteiger partial charge in [0.15, 0.2) is 0 Å². The van der Waals surface area contributed by atoms with Gasteiger partial charge in [-0.1, -0.05) is 119 Å². The highest BCUT2D eigenvalue weighted by molar-refractivity contribution is 6.12. The van der Waals surface area contributed by atoms with Crippen molar-refractivity contribution >= 4 is 44.5 Å². The predicted molar refractivity (Wildman–Crippen MR) is 183 cm³/mol. The fourth-order valence-corrected chi connectivity index (χ4v) is 6.75. The number of fused-ring (bicyclic) bond motifs is 6. The molecule has 4 heteroatoms. The zero-order valence-corrected chi connectivity index (χ0v) is 25.7. The number of nitrogens with zero attached hydrogens (tertiary/aromatic N) is 2. The minimum atomic E-state index is -0.210. The Morgan fingerprint density at radius 3 is 2.12 bits per heavy atom. The number of anilines is 1. The number of carbonyl (C=O) groups is 1. The van der Waals surface area contributed by atoms with Crippen LogP contribution in [0.3, 0.4) is 0 Å². The molecule has 0 bridgehead atoms. The number of hydrogen-bond acceptors (Lipinski definition) is 3. The van der Waals surface area contributed by atoms with E-state index in [0.717, 1.165) is 11.4 Å². The van der Waals surface area contributed by atoms with Crippen LogP contribution >= 0.6 is 0 Å². The molecule has 0 saturated carbocycles. The van der Waals surface area contributed by atoms with Crippen molar-refractivity contribution in [1.82, 2.24) is 5.32 Å². The second kappa shape index (κ2) is 11.2. The minimum absolute atomic E-state index is 0.0444. The van der Waals surface area contributed by atoms with Crippen LogP contribution in [0.4, 0.5) is 11.4 Å². The van der Waals surface area contributed by atoms with E-state index in [9.17, 15) is 4.79 Å². The second-order valence-corrected chi connectivity index (χ2v) is 12.4. The molecule has 2 heterocycles.